The van der Waals surface area contributed by atoms with Crippen molar-refractivity contribution >= 4 is 22.6 Å². The number of hydrogen-bond donors (Lipinski definition) is 1. The maximum absolute atomic E-state index is 13.4. The highest BCUT2D eigenvalue weighted by Gasteiger charge is 2.14. The van der Waals surface area contributed by atoms with Crippen LogP contribution in [-0.4, -0.2) is 11.5 Å². The molecule has 1 aromatic heterocycles. The molecule has 1 N–H and O–H groups in total. The molecule has 2 rings (SSSR count). The minimum Gasteiger partial charge on any atom is -0.306 e. The van der Waals surface area contributed by atoms with Crippen LogP contribution >= 0.6 is 22.6 Å². The van der Waals surface area contributed by atoms with Crippen LogP contribution in [0.15, 0.2) is 42.7 Å². The third-order valence-corrected chi connectivity index (χ3v) is 3.51. The minimum absolute atomic E-state index is 0.0159. The Morgan fingerprint density at radius 1 is 1.26 bits per heavy atom. The normalized spacial score (nSPS) is 12.4. The van der Waals surface area contributed by atoms with Gasteiger partial charge in [-0.25, -0.2) is 4.39 Å². The number of halogens is 2. The molecule has 0 spiro atoms. The van der Waals surface area contributed by atoms with Crippen molar-refractivity contribution in [3.05, 3.63) is 63.2 Å². The molecule has 0 aliphatic rings. The summed E-state index contributed by atoms with van der Waals surface area (Å²) in [5.41, 5.74) is 1.99. The van der Waals surface area contributed by atoms with E-state index in [-0.39, 0.29) is 11.9 Å². The number of aromatic nitrogens is 1. The highest BCUT2D eigenvalue weighted by atomic mass is 127. The topological polar surface area (TPSA) is 24.9 Å². The van der Waals surface area contributed by atoms with E-state index >= 15 is 0 Å². The van der Waals surface area contributed by atoms with Gasteiger partial charge in [0.2, 0.25) is 0 Å². The van der Waals surface area contributed by atoms with Crippen LogP contribution in [0.3, 0.4) is 0 Å². The summed E-state index contributed by atoms with van der Waals surface area (Å²) in [5, 5.41) is 3.45. The monoisotopic (exact) mass is 370 g/mol. The molecule has 2 nitrogen and oxygen atoms in total. The first-order valence-electron chi connectivity index (χ1n) is 6.30. The van der Waals surface area contributed by atoms with Crippen molar-refractivity contribution in [2.45, 2.75) is 19.4 Å². The Morgan fingerprint density at radius 3 is 2.79 bits per heavy atom. The van der Waals surface area contributed by atoms with Crippen LogP contribution < -0.4 is 5.32 Å². The van der Waals surface area contributed by atoms with Crippen molar-refractivity contribution in [3.8, 4) is 0 Å². The summed E-state index contributed by atoms with van der Waals surface area (Å²) in [5.74, 6) is -0.300. The van der Waals surface area contributed by atoms with Gasteiger partial charge in [-0.05, 0) is 64.9 Å². The fraction of sp³-hybridized carbons (Fsp3) is 0.267. The quantitative estimate of drug-likeness (QED) is 0.808. The van der Waals surface area contributed by atoms with Gasteiger partial charge in [0.15, 0.2) is 0 Å². The van der Waals surface area contributed by atoms with E-state index in [4.69, 9.17) is 0 Å². The van der Waals surface area contributed by atoms with Crippen molar-refractivity contribution in [1.82, 2.24) is 10.3 Å². The zero-order chi connectivity index (χ0) is 13.7. The van der Waals surface area contributed by atoms with Crippen molar-refractivity contribution in [2.24, 2.45) is 0 Å². The average Bonchev–Trinajstić information content (AvgIpc) is 2.39. The van der Waals surface area contributed by atoms with Gasteiger partial charge in [0.05, 0.1) is 12.2 Å². The molecule has 4 heteroatoms. The van der Waals surface area contributed by atoms with Gasteiger partial charge in [0.25, 0.3) is 0 Å². The Bertz CT molecular complexity index is 500. The maximum atomic E-state index is 13.4. The van der Waals surface area contributed by atoms with E-state index in [1.54, 1.807) is 12.3 Å². The second-order valence-corrected chi connectivity index (χ2v) is 5.62. The molecule has 0 amide bonds. The number of hydrogen-bond acceptors (Lipinski definition) is 2. The molecule has 1 atom stereocenters. The Morgan fingerprint density at radius 2 is 2.11 bits per heavy atom. The summed E-state index contributed by atoms with van der Waals surface area (Å²) in [6, 6.07) is 9.76. The lowest BCUT2D eigenvalue weighted by atomic mass is 10.00. The van der Waals surface area contributed by atoms with Gasteiger partial charge in [0.1, 0.15) is 5.82 Å². The molecule has 1 heterocycles. The summed E-state index contributed by atoms with van der Waals surface area (Å²) in [6.45, 7) is 3.00. The molecule has 0 bridgehead atoms. The van der Waals surface area contributed by atoms with Gasteiger partial charge >= 0.3 is 0 Å². The Hall–Kier alpha value is -1.01. The second kappa shape index (κ2) is 6.96. The predicted molar refractivity (Wildman–Crippen MR) is 83.5 cm³/mol. The molecular weight excluding hydrogens is 354 g/mol. The molecule has 1 aromatic carbocycles. The van der Waals surface area contributed by atoms with E-state index in [1.165, 1.54) is 9.77 Å². The van der Waals surface area contributed by atoms with Crippen molar-refractivity contribution in [3.63, 3.8) is 0 Å². The van der Waals surface area contributed by atoms with Crippen LogP contribution in [0.5, 0.6) is 0 Å². The molecule has 100 valence electrons. The smallest absolute Gasteiger partial charge is 0.141 e. The second-order valence-electron chi connectivity index (χ2n) is 4.38. The number of nitrogens with zero attached hydrogens (tertiary/aromatic N) is 1. The minimum atomic E-state index is -0.300. The third-order valence-electron chi connectivity index (χ3n) is 2.84. The highest BCUT2D eigenvalue weighted by Crippen LogP contribution is 2.23. The summed E-state index contributed by atoms with van der Waals surface area (Å²) in [6.07, 6.45) is 3.98. The molecule has 19 heavy (non-hydrogen) atoms. The van der Waals surface area contributed by atoms with Gasteiger partial charge < -0.3 is 5.32 Å². The summed E-state index contributed by atoms with van der Waals surface area (Å²) < 4.78 is 14.5. The molecular formula is C15H16FIN2. The highest BCUT2D eigenvalue weighted by molar-refractivity contribution is 14.1. The van der Waals surface area contributed by atoms with Crippen LogP contribution in [0.25, 0.3) is 0 Å². The van der Waals surface area contributed by atoms with Crippen LogP contribution in [0.4, 0.5) is 4.39 Å². The van der Waals surface area contributed by atoms with Crippen molar-refractivity contribution in [2.75, 3.05) is 6.54 Å². The molecule has 2 aromatic rings. The first-order valence-corrected chi connectivity index (χ1v) is 7.38. The Labute approximate surface area is 126 Å². The van der Waals surface area contributed by atoms with Gasteiger partial charge in [-0.2, -0.15) is 0 Å². The zero-order valence-corrected chi connectivity index (χ0v) is 12.9. The summed E-state index contributed by atoms with van der Waals surface area (Å²) >= 11 is 2.29. The van der Waals surface area contributed by atoms with Crippen LogP contribution in [0.1, 0.15) is 30.5 Å². The molecule has 0 saturated heterocycles. The lowest BCUT2D eigenvalue weighted by molar-refractivity contribution is 0.580. The molecule has 0 aliphatic heterocycles. The molecule has 0 radical (unpaired) electrons. The van der Waals surface area contributed by atoms with E-state index in [2.05, 4.69) is 51.9 Å². The van der Waals surface area contributed by atoms with E-state index in [1.807, 2.05) is 12.1 Å². The fourth-order valence-electron chi connectivity index (χ4n) is 1.99. The Kier molecular flexibility index (Phi) is 5.27. The van der Waals surface area contributed by atoms with Crippen LogP contribution in [-0.2, 0) is 0 Å². The average molecular weight is 370 g/mol. The van der Waals surface area contributed by atoms with E-state index in [0.717, 1.165) is 24.1 Å². The molecule has 0 saturated carbocycles. The van der Waals surface area contributed by atoms with Gasteiger partial charge in [-0.3, -0.25) is 4.98 Å². The van der Waals surface area contributed by atoms with Gasteiger partial charge in [0, 0.05) is 9.77 Å². The van der Waals surface area contributed by atoms with Crippen molar-refractivity contribution in [1.29, 1.82) is 0 Å². The number of pyridine rings is 1. The first-order chi connectivity index (χ1) is 9.20. The van der Waals surface area contributed by atoms with Crippen LogP contribution in [0.2, 0.25) is 0 Å². The number of benzene rings is 1. The Balaban J connectivity index is 2.35. The standard InChI is InChI=1S/C15H16FIN2/c1-2-6-19-15(11-4-3-5-14(17)8-11)12-7-13(16)10-18-9-12/h3-5,7-10,15,19H,2,6H2,1H3. The van der Waals surface area contributed by atoms with Gasteiger partial charge in [-0.1, -0.05) is 19.1 Å². The van der Waals surface area contributed by atoms with E-state index in [9.17, 15) is 4.39 Å². The predicted octanol–water partition coefficient (Wildman–Crippen LogP) is 3.91. The third kappa shape index (κ3) is 3.98. The maximum Gasteiger partial charge on any atom is 0.141 e. The fourth-order valence-corrected chi connectivity index (χ4v) is 2.56. The zero-order valence-electron chi connectivity index (χ0n) is 10.7. The van der Waals surface area contributed by atoms with Crippen LogP contribution in [0, 0.1) is 9.39 Å². The number of nitrogens with one attached hydrogen (secondary N) is 1. The largest absolute Gasteiger partial charge is 0.306 e. The van der Waals surface area contributed by atoms with E-state index in [0.29, 0.717) is 0 Å². The summed E-state index contributed by atoms with van der Waals surface area (Å²) in [4.78, 5) is 3.94. The first kappa shape index (κ1) is 14.4. The molecule has 0 fully saturated rings. The van der Waals surface area contributed by atoms with Gasteiger partial charge in [-0.15, -0.1) is 0 Å². The molecule has 1 unspecified atom stereocenters. The van der Waals surface area contributed by atoms with E-state index < -0.39 is 0 Å². The van der Waals surface area contributed by atoms with Crippen molar-refractivity contribution < 1.29 is 4.39 Å². The number of rotatable bonds is 5. The SMILES string of the molecule is CCCNC(c1cncc(F)c1)c1cccc(I)c1. The lowest BCUT2D eigenvalue weighted by Gasteiger charge is -2.19. The lowest BCUT2D eigenvalue weighted by Crippen LogP contribution is -2.23. The molecule has 0 aliphatic carbocycles. The summed E-state index contributed by atoms with van der Waals surface area (Å²) in [7, 11) is 0.